The zero-order valence-electron chi connectivity index (χ0n) is 4.67. The Kier molecular flexibility index (Phi) is 1.88. The average Bonchev–Trinajstić information content (AvgIpc) is 2.19. The lowest BCUT2D eigenvalue weighted by Gasteiger charge is -2.12. The van der Waals surface area contributed by atoms with Crippen LogP contribution in [0.1, 0.15) is 0 Å². The Balaban J connectivity index is 2.10. The van der Waals surface area contributed by atoms with E-state index in [2.05, 4.69) is 5.43 Å². The Hall–Kier alpha value is -0.540. The summed E-state index contributed by atoms with van der Waals surface area (Å²) in [6.45, 7) is 1.82. The Morgan fingerprint density at radius 1 is 1.75 bits per heavy atom. The molecule has 1 rings (SSSR count). The van der Waals surface area contributed by atoms with Crippen molar-refractivity contribution in [3.63, 3.8) is 0 Å². The van der Waals surface area contributed by atoms with E-state index in [-0.39, 0.29) is 6.61 Å². The zero-order valence-corrected chi connectivity index (χ0v) is 4.67. The second kappa shape index (κ2) is 2.69. The van der Waals surface area contributed by atoms with Gasteiger partial charge in [0, 0.05) is 19.3 Å². The van der Waals surface area contributed by atoms with Crippen LogP contribution in [0.2, 0.25) is 0 Å². The van der Waals surface area contributed by atoms with Gasteiger partial charge in [-0.15, -0.1) is 0 Å². The van der Waals surface area contributed by atoms with Crippen LogP contribution in [-0.2, 0) is 0 Å². The molecule has 0 unspecified atom stereocenters. The van der Waals surface area contributed by atoms with E-state index < -0.39 is 0 Å². The van der Waals surface area contributed by atoms with E-state index in [1.54, 1.807) is 0 Å². The SMILES string of the molecule is OCCN1CC=CN1. The summed E-state index contributed by atoms with van der Waals surface area (Å²) in [5.74, 6) is 0. The van der Waals surface area contributed by atoms with Gasteiger partial charge in [-0.05, 0) is 0 Å². The number of hydrogen-bond acceptors (Lipinski definition) is 3. The van der Waals surface area contributed by atoms with Gasteiger partial charge >= 0.3 is 0 Å². The van der Waals surface area contributed by atoms with Crippen LogP contribution in [0.5, 0.6) is 0 Å². The van der Waals surface area contributed by atoms with Gasteiger partial charge in [0.25, 0.3) is 0 Å². The lowest BCUT2D eigenvalue weighted by atomic mass is 10.6. The summed E-state index contributed by atoms with van der Waals surface area (Å²) in [4.78, 5) is 0. The number of aliphatic hydroxyl groups excluding tert-OH is 1. The monoisotopic (exact) mass is 114 g/mol. The normalized spacial score (nSPS) is 19.1. The molecule has 1 aliphatic rings. The highest BCUT2D eigenvalue weighted by Crippen LogP contribution is 1.88. The molecule has 0 fully saturated rings. The number of hydrogen-bond donors (Lipinski definition) is 2. The van der Waals surface area contributed by atoms with E-state index in [4.69, 9.17) is 5.11 Å². The minimum Gasteiger partial charge on any atom is -0.395 e. The van der Waals surface area contributed by atoms with Crippen molar-refractivity contribution in [1.82, 2.24) is 10.4 Å². The molecule has 3 nitrogen and oxygen atoms in total. The second-order valence-corrected chi connectivity index (χ2v) is 1.70. The smallest absolute Gasteiger partial charge is 0.0577 e. The summed E-state index contributed by atoms with van der Waals surface area (Å²) < 4.78 is 0. The van der Waals surface area contributed by atoms with Crippen LogP contribution in [0, 0.1) is 0 Å². The fourth-order valence-electron chi connectivity index (χ4n) is 0.667. The molecule has 0 radical (unpaired) electrons. The third-order valence-electron chi connectivity index (χ3n) is 1.07. The van der Waals surface area contributed by atoms with Gasteiger partial charge in [-0.25, -0.2) is 5.01 Å². The molecular formula is C5H10N2O. The first-order valence-electron chi connectivity index (χ1n) is 2.70. The van der Waals surface area contributed by atoms with Crippen molar-refractivity contribution in [3.8, 4) is 0 Å². The number of rotatable bonds is 2. The summed E-state index contributed by atoms with van der Waals surface area (Å²) in [7, 11) is 0. The Morgan fingerprint density at radius 2 is 2.62 bits per heavy atom. The van der Waals surface area contributed by atoms with Gasteiger partial charge in [0.2, 0.25) is 0 Å². The van der Waals surface area contributed by atoms with Crippen molar-refractivity contribution in [3.05, 3.63) is 12.3 Å². The quantitative estimate of drug-likeness (QED) is 0.499. The number of β-amino-alcohol motifs (C(OH)–C–C–N with tert-alkyl or cyclic N) is 1. The molecule has 0 spiro atoms. The van der Waals surface area contributed by atoms with Crippen LogP contribution in [0.4, 0.5) is 0 Å². The van der Waals surface area contributed by atoms with E-state index in [1.165, 1.54) is 0 Å². The van der Waals surface area contributed by atoms with Gasteiger partial charge in [-0.1, -0.05) is 6.08 Å². The van der Waals surface area contributed by atoms with Gasteiger partial charge in [0.05, 0.1) is 6.61 Å². The summed E-state index contributed by atoms with van der Waals surface area (Å²) in [6.07, 6.45) is 3.88. The van der Waals surface area contributed by atoms with Crippen LogP contribution in [0.15, 0.2) is 12.3 Å². The highest BCUT2D eigenvalue weighted by atomic mass is 16.3. The van der Waals surface area contributed by atoms with Gasteiger partial charge in [0.15, 0.2) is 0 Å². The first kappa shape index (κ1) is 5.59. The molecule has 0 saturated carbocycles. The molecule has 46 valence electrons. The zero-order chi connectivity index (χ0) is 5.82. The molecule has 3 heteroatoms. The van der Waals surface area contributed by atoms with E-state index in [1.807, 2.05) is 17.3 Å². The van der Waals surface area contributed by atoms with E-state index >= 15 is 0 Å². The minimum atomic E-state index is 0.217. The minimum absolute atomic E-state index is 0.217. The van der Waals surface area contributed by atoms with Crippen molar-refractivity contribution in [1.29, 1.82) is 0 Å². The average molecular weight is 114 g/mol. The molecule has 1 heterocycles. The first-order chi connectivity index (χ1) is 3.93. The van der Waals surface area contributed by atoms with Crippen LogP contribution < -0.4 is 5.43 Å². The van der Waals surface area contributed by atoms with Gasteiger partial charge < -0.3 is 10.5 Å². The maximum Gasteiger partial charge on any atom is 0.0577 e. The molecule has 1 aliphatic heterocycles. The summed E-state index contributed by atoms with van der Waals surface area (Å²) in [5, 5.41) is 10.3. The molecule has 0 aromatic carbocycles. The third-order valence-corrected chi connectivity index (χ3v) is 1.07. The largest absolute Gasteiger partial charge is 0.395 e. The number of hydrazine groups is 1. The maximum atomic E-state index is 8.42. The fraction of sp³-hybridized carbons (Fsp3) is 0.600. The van der Waals surface area contributed by atoms with E-state index in [9.17, 15) is 0 Å². The molecule has 2 N–H and O–H groups in total. The third kappa shape index (κ3) is 1.21. The van der Waals surface area contributed by atoms with Crippen molar-refractivity contribution in [2.45, 2.75) is 0 Å². The number of nitrogens with one attached hydrogen (secondary N) is 1. The predicted octanol–water partition coefficient (Wildman–Crippen LogP) is -0.687. The Labute approximate surface area is 48.6 Å². The van der Waals surface area contributed by atoms with Crippen LogP contribution in [-0.4, -0.2) is 29.8 Å². The first-order valence-corrected chi connectivity index (χ1v) is 2.70. The second-order valence-electron chi connectivity index (χ2n) is 1.70. The molecule has 8 heavy (non-hydrogen) atoms. The summed E-state index contributed by atoms with van der Waals surface area (Å²) in [6, 6.07) is 0. The summed E-state index contributed by atoms with van der Waals surface area (Å²) >= 11 is 0. The highest BCUT2D eigenvalue weighted by molar-refractivity contribution is 4.88. The fourth-order valence-corrected chi connectivity index (χ4v) is 0.667. The molecule has 0 amide bonds. The molecule has 0 aliphatic carbocycles. The van der Waals surface area contributed by atoms with Crippen molar-refractivity contribution < 1.29 is 5.11 Å². The van der Waals surface area contributed by atoms with E-state index in [0.29, 0.717) is 6.54 Å². The Bertz CT molecular complexity index is 84.4. The molecule has 0 atom stereocenters. The lowest BCUT2D eigenvalue weighted by Crippen LogP contribution is -2.32. The van der Waals surface area contributed by atoms with Crippen LogP contribution in [0.25, 0.3) is 0 Å². The number of nitrogens with zero attached hydrogens (tertiary/aromatic N) is 1. The molecule has 0 aromatic heterocycles. The topological polar surface area (TPSA) is 35.5 Å². The maximum absolute atomic E-state index is 8.42. The number of aliphatic hydroxyl groups is 1. The highest BCUT2D eigenvalue weighted by Gasteiger charge is 2.01. The van der Waals surface area contributed by atoms with Crippen LogP contribution in [0.3, 0.4) is 0 Å². The van der Waals surface area contributed by atoms with Crippen molar-refractivity contribution in [2.75, 3.05) is 19.7 Å². The van der Waals surface area contributed by atoms with Crippen LogP contribution >= 0.6 is 0 Å². The van der Waals surface area contributed by atoms with Gasteiger partial charge in [0.1, 0.15) is 0 Å². The lowest BCUT2D eigenvalue weighted by molar-refractivity contribution is 0.189. The standard InChI is InChI=1S/C5H10N2O/c8-5-4-7-3-1-2-6-7/h1-2,6,8H,3-5H2. The molecule has 0 aromatic rings. The molecular weight excluding hydrogens is 104 g/mol. The van der Waals surface area contributed by atoms with Gasteiger partial charge in [-0.3, -0.25) is 0 Å². The molecule has 0 saturated heterocycles. The summed E-state index contributed by atoms with van der Waals surface area (Å²) in [5.41, 5.74) is 2.95. The van der Waals surface area contributed by atoms with Crippen molar-refractivity contribution >= 4 is 0 Å². The van der Waals surface area contributed by atoms with Crippen molar-refractivity contribution in [2.24, 2.45) is 0 Å². The molecule has 0 bridgehead atoms. The predicted molar refractivity (Wildman–Crippen MR) is 30.9 cm³/mol. The van der Waals surface area contributed by atoms with Gasteiger partial charge in [-0.2, -0.15) is 0 Å². The van der Waals surface area contributed by atoms with E-state index in [0.717, 1.165) is 6.54 Å². The Morgan fingerprint density at radius 3 is 3.12 bits per heavy atom.